The standard InChI is InChI=1S/C14H10BrClFNO2/c15-9-1-4-11(5-2-9)20-8-14(19)18-10-3-6-12(16)13(17)7-10/h1-7H,8H2,(H,18,19). The van der Waals surface area contributed by atoms with Gasteiger partial charge in [0.05, 0.1) is 5.02 Å². The van der Waals surface area contributed by atoms with Crippen molar-refractivity contribution in [2.75, 3.05) is 11.9 Å². The summed E-state index contributed by atoms with van der Waals surface area (Å²) in [7, 11) is 0. The van der Waals surface area contributed by atoms with Crippen molar-refractivity contribution in [2.24, 2.45) is 0 Å². The van der Waals surface area contributed by atoms with E-state index in [0.29, 0.717) is 11.4 Å². The fraction of sp³-hybridized carbons (Fsp3) is 0.0714. The highest BCUT2D eigenvalue weighted by molar-refractivity contribution is 9.10. The number of amides is 1. The van der Waals surface area contributed by atoms with Gasteiger partial charge in [-0.05, 0) is 42.5 Å². The Labute approximate surface area is 128 Å². The molecule has 0 aliphatic rings. The summed E-state index contributed by atoms with van der Waals surface area (Å²) in [5.41, 5.74) is 0.330. The SMILES string of the molecule is O=C(COc1ccc(Br)cc1)Nc1ccc(Cl)c(F)c1. The summed E-state index contributed by atoms with van der Waals surface area (Å²) < 4.78 is 19.4. The van der Waals surface area contributed by atoms with E-state index in [1.165, 1.54) is 12.1 Å². The topological polar surface area (TPSA) is 38.3 Å². The molecule has 0 aromatic heterocycles. The molecule has 2 aromatic carbocycles. The number of carbonyl (C=O) groups is 1. The van der Waals surface area contributed by atoms with Gasteiger partial charge in [-0.25, -0.2) is 4.39 Å². The van der Waals surface area contributed by atoms with Crippen LogP contribution in [0.15, 0.2) is 46.9 Å². The van der Waals surface area contributed by atoms with Crippen LogP contribution in [-0.4, -0.2) is 12.5 Å². The molecule has 0 fully saturated rings. The van der Waals surface area contributed by atoms with Crippen LogP contribution in [0.3, 0.4) is 0 Å². The van der Waals surface area contributed by atoms with Crippen LogP contribution >= 0.6 is 27.5 Å². The van der Waals surface area contributed by atoms with Crippen molar-refractivity contribution < 1.29 is 13.9 Å². The molecule has 2 aromatic rings. The molecule has 6 heteroatoms. The van der Waals surface area contributed by atoms with E-state index in [9.17, 15) is 9.18 Å². The summed E-state index contributed by atoms with van der Waals surface area (Å²) in [5.74, 6) is -0.390. The minimum atomic E-state index is -0.585. The lowest BCUT2D eigenvalue weighted by atomic mass is 10.3. The van der Waals surface area contributed by atoms with E-state index in [0.717, 1.165) is 10.5 Å². The summed E-state index contributed by atoms with van der Waals surface area (Å²) in [4.78, 5) is 11.6. The maximum absolute atomic E-state index is 13.2. The van der Waals surface area contributed by atoms with E-state index in [-0.39, 0.29) is 17.5 Å². The van der Waals surface area contributed by atoms with Gasteiger partial charge in [0.2, 0.25) is 0 Å². The van der Waals surface area contributed by atoms with Crippen molar-refractivity contribution in [1.82, 2.24) is 0 Å². The van der Waals surface area contributed by atoms with E-state index in [1.54, 1.807) is 12.1 Å². The molecule has 0 atom stereocenters. The summed E-state index contributed by atoms with van der Waals surface area (Å²) in [6.07, 6.45) is 0. The third kappa shape index (κ3) is 4.21. The molecule has 0 bridgehead atoms. The van der Waals surface area contributed by atoms with Crippen LogP contribution in [-0.2, 0) is 4.79 Å². The van der Waals surface area contributed by atoms with Gasteiger partial charge < -0.3 is 10.1 Å². The van der Waals surface area contributed by atoms with Crippen LogP contribution in [0.5, 0.6) is 5.75 Å². The van der Waals surface area contributed by atoms with Crippen molar-refractivity contribution in [1.29, 1.82) is 0 Å². The second-order valence-corrected chi connectivity index (χ2v) is 5.24. The largest absolute Gasteiger partial charge is 0.484 e. The Morgan fingerprint density at radius 1 is 1.25 bits per heavy atom. The van der Waals surface area contributed by atoms with Gasteiger partial charge >= 0.3 is 0 Å². The zero-order valence-corrected chi connectivity index (χ0v) is 12.5. The second-order valence-electron chi connectivity index (χ2n) is 3.92. The van der Waals surface area contributed by atoms with Crippen molar-refractivity contribution >= 4 is 39.1 Å². The molecular formula is C14H10BrClFNO2. The van der Waals surface area contributed by atoms with Crippen molar-refractivity contribution in [3.05, 3.63) is 57.8 Å². The fourth-order valence-electron chi connectivity index (χ4n) is 1.45. The first-order valence-electron chi connectivity index (χ1n) is 5.68. The van der Waals surface area contributed by atoms with Gasteiger partial charge in [0, 0.05) is 10.2 Å². The van der Waals surface area contributed by atoms with Crippen molar-refractivity contribution in [3.63, 3.8) is 0 Å². The minimum Gasteiger partial charge on any atom is -0.484 e. The maximum atomic E-state index is 13.2. The highest BCUT2D eigenvalue weighted by atomic mass is 79.9. The molecule has 1 amide bonds. The minimum absolute atomic E-state index is 0.00844. The Hall–Kier alpha value is -1.59. The van der Waals surface area contributed by atoms with Gasteiger partial charge in [-0.2, -0.15) is 0 Å². The first-order valence-corrected chi connectivity index (χ1v) is 6.85. The Balaban J connectivity index is 1.89. The molecule has 104 valence electrons. The number of ether oxygens (including phenoxy) is 1. The number of halogens is 3. The predicted molar refractivity (Wildman–Crippen MR) is 79.7 cm³/mol. The molecule has 0 unspecified atom stereocenters. The van der Waals surface area contributed by atoms with E-state index < -0.39 is 5.82 Å². The highest BCUT2D eigenvalue weighted by Gasteiger charge is 2.06. The van der Waals surface area contributed by atoms with Crippen LogP contribution in [0.2, 0.25) is 5.02 Å². The highest BCUT2D eigenvalue weighted by Crippen LogP contribution is 2.19. The molecule has 0 saturated carbocycles. The van der Waals surface area contributed by atoms with Gasteiger partial charge in [-0.3, -0.25) is 4.79 Å². The zero-order valence-electron chi connectivity index (χ0n) is 10.2. The molecule has 1 N–H and O–H groups in total. The zero-order chi connectivity index (χ0) is 14.5. The third-order valence-electron chi connectivity index (χ3n) is 2.39. The fourth-order valence-corrected chi connectivity index (χ4v) is 1.83. The summed E-state index contributed by atoms with van der Waals surface area (Å²) in [6.45, 7) is -0.161. The molecule has 20 heavy (non-hydrogen) atoms. The number of hydrogen-bond acceptors (Lipinski definition) is 2. The molecule has 0 spiro atoms. The Kier molecular flexibility index (Phi) is 4.98. The maximum Gasteiger partial charge on any atom is 0.262 e. The van der Waals surface area contributed by atoms with Crippen molar-refractivity contribution in [3.8, 4) is 5.75 Å². The van der Waals surface area contributed by atoms with Gasteiger partial charge in [0.1, 0.15) is 11.6 Å². The van der Waals surface area contributed by atoms with Gasteiger partial charge in [-0.15, -0.1) is 0 Å². The van der Waals surface area contributed by atoms with Crippen LogP contribution < -0.4 is 10.1 Å². The third-order valence-corrected chi connectivity index (χ3v) is 3.22. The number of nitrogens with one attached hydrogen (secondary N) is 1. The molecule has 0 heterocycles. The molecule has 0 saturated heterocycles. The van der Waals surface area contributed by atoms with E-state index in [1.807, 2.05) is 12.1 Å². The molecule has 0 radical (unpaired) electrons. The van der Waals surface area contributed by atoms with Gasteiger partial charge in [0.25, 0.3) is 5.91 Å². The molecule has 2 rings (SSSR count). The molecule has 3 nitrogen and oxygen atoms in total. The smallest absolute Gasteiger partial charge is 0.262 e. The quantitative estimate of drug-likeness (QED) is 0.887. The van der Waals surface area contributed by atoms with Crippen LogP contribution in [0.4, 0.5) is 10.1 Å². The number of benzene rings is 2. The first kappa shape index (κ1) is 14.8. The number of carbonyl (C=O) groups excluding carboxylic acids is 1. The molecule has 0 aliphatic heterocycles. The summed E-state index contributed by atoms with van der Waals surface area (Å²) >= 11 is 8.86. The normalized spacial score (nSPS) is 10.2. The second kappa shape index (κ2) is 6.72. The molecule has 0 aliphatic carbocycles. The van der Waals surface area contributed by atoms with Crippen LogP contribution in [0.25, 0.3) is 0 Å². The van der Waals surface area contributed by atoms with E-state index >= 15 is 0 Å². The first-order chi connectivity index (χ1) is 9.54. The van der Waals surface area contributed by atoms with Gasteiger partial charge in [0.15, 0.2) is 6.61 Å². The average molecular weight is 359 g/mol. The monoisotopic (exact) mass is 357 g/mol. The number of anilines is 1. The Morgan fingerprint density at radius 3 is 2.60 bits per heavy atom. The van der Waals surface area contributed by atoms with Gasteiger partial charge in [-0.1, -0.05) is 27.5 Å². The lowest BCUT2D eigenvalue weighted by Gasteiger charge is -2.08. The van der Waals surface area contributed by atoms with E-state index in [2.05, 4.69) is 21.2 Å². The lowest BCUT2D eigenvalue weighted by Crippen LogP contribution is -2.20. The van der Waals surface area contributed by atoms with Crippen LogP contribution in [0.1, 0.15) is 0 Å². The summed E-state index contributed by atoms with van der Waals surface area (Å²) in [5, 5.41) is 2.53. The van der Waals surface area contributed by atoms with Crippen molar-refractivity contribution in [2.45, 2.75) is 0 Å². The number of rotatable bonds is 4. The molecular weight excluding hydrogens is 349 g/mol. The van der Waals surface area contributed by atoms with Crippen LogP contribution in [0, 0.1) is 5.82 Å². The average Bonchev–Trinajstić information content (AvgIpc) is 2.42. The van der Waals surface area contributed by atoms with E-state index in [4.69, 9.17) is 16.3 Å². The lowest BCUT2D eigenvalue weighted by molar-refractivity contribution is -0.118. The number of hydrogen-bond donors (Lipinski definition) is 1. The summed E-state index contributed by atoms with van der Waals surface area (Å²) in [6, 6.07) is 11.1. The Bertz CT molecular complexity index is 619. The predicted octanol–water partition coefficient (Wildman–Crippen LogP) is 4.26. The Morgan fingerprint density at radius 2 is 1.95 bits per heavy atom.